The van der Waals surface area contributed by atoms with Crippen LogP contribution in [0.3, 0.4) is 0 Å². The molecule has 5 aromatic carbocycles. The average Bonchev–Trinajstić information content (AvgIpc) is 3.67. The second kappa shape index (κ2) is 16.4. The lowest BCUT2D eigenvalue weighted by atomic mass is 9.82. The standard InChI is InChI=1S/C45H49N3O4S2/c1-34-31-40(23-24-42(34)46-44(25-11-12-26-44)33-53-39-16-7-4-8-17-39)54(50,51)47-43(49)36-19-21-38(22-20-36)48-29-27-45(52-2,28-30-48)32-37-15-9-10-18-41(37)35-13-5-3-6-14-35/h3-10,13-24,31,46H,11-12,25-30,32-33H2,1-2H3,(H,47,49). The zero-order chi connectivity index (χ0) is 37.6. The Labute approximate surface area is 324 Å². The molecule has 0 atom stereocenters. The molecule has 2 aliphatic rings. The molecule has 0 bridgehead atoms. The molecule has 1 heterocycles. The number of carbonyl (C=O) groups excluding carboxylic acids is 1. The monoisotopic (exact) mass is 759 g/mol. The molecular formula is C45H49N3O4S2. The van der Waals surface area contributed by atoms with Crippen LogP contribution < -0.4 is 14.9 Å². The summed E-state index contributed by atoms with van der Waals surface area (Å²) in [6.45, 7) is 3.52. The average molecular weight is 760 g/mol. The normalized spacial score (nSPS) is 16.5. The Morgan fingerprint density at radius 2 is 1.44 bits per heavy atom. The maximum Gasteiger partial charge on any atom is 0.264 e. The van der Waals surface area contributed by atoms with Gasteiger partial charge in [0.1, 0.15) is 0 Å². The molecule has 1 aliphatic heterocycles. The van der Waals surface area contributed by atoms with Gasteiger partial charge in [0.25, 0.3) is 15.9 Å². The minimum absolute atomic E-state index is 0.0537. The second-order valence-electron chi connectivity index (χ2n) is 14.7. The highest BCUT2D eigenvalue weighted by Gasteiger charge is 2.36. The fourth-order valence-electron chi connectivity index (χ4n) is 7.93. The number of sulfonamides is 1. The molecule has 54 heavy (non-hydrogen) atoms. The van der Waals surface area contributed by atoms with E-state index in [1.807, 2.05) is 56.1 Å². The maximum atomic E-state index is 13.4. The number of hydrogen-bond acceptors (Lipinski definition) is 7. The molecule has 9 heteroatoms. The van der Waals surface area contributed by atoms with Crippen LogP contribution in [0.15, 0.2) is 137 Å². The van der Waals surface area contributed by atoms with Crippen LogP contribution in [-0.2, 0) is 21.2 Å². The second-order valence-corrected chi connectivity index (χ2v) is 17.5. The molecule has 2 fully saturated rings. The molecule has 280 valence electrons. The van der Waals surface area contributed by atoms with Gasteiger partial charge in [0.05, 0.1) is 10.5 Å². The van der Waals surface area contributed by atoms with Crippen LogP contribution in [0.1, 0.15) is 60.0 Å². The Morgan fingerprint density at radius 3 is 2.11 bits per heavy atom. The van der Waals surface area contributed by atoms with E-state index >= 15 is 0 Å². The number of piperidine rings is 1. The highest BCUT2D eigenvalue weighted by molar-refractivity contribution is 7.99. The van der Waals surface area contributed by atoms with E-state index in [1.165, 1.54) is 34.4 Å². The summed E-state index contributed by atoms with van der Waals surface area (Å²) in [5.74, 6) is 0.278. The molecule has 1 amide bonds. The Morgan fingerprint density at radius 1 is 0.796 bits per heavy atom. The largest absolute Gasteiger partial charge is 0.379 e. The van der Waals surface area contributed by atoms with Crippen molar-refractivity contribution >= 4 is 39.1 Å². The molecule has 1 aliphatic carbocycles. The van der Waals surface area contributed by atoms with Gasteiger partial charge in [-0.2, -0.15) is 0 Å². The van der Waals surface area contributed by atoms with Crippen LogP contribution >= 0.6 is 11.8 Å². The van der Waals surface area contributed by atoms with Crippen LogP contribution in [0.2, 0.25) is 0 Å². The van der Waals surface area contributed by atoms with E-state index in [1.54, 1.807) is 24.3 Å². The van der Waals surface area contributed by atoms with Crippen LogP contribution in [0.5, 0.6) is 0 Å². The Kier molecular flexibility index (Phi) is 11.5. The minimum atomic E-state index is -4.08. The fraction of sp³-hybridized carbons (Fsp3) is 0.311. The topological polar surface area (TPSA) is 87.7 Å². The predicted octanol–water partition coefficient (Wildman–Crippen LogP) is 9.53. The van der Waals surface area contributed by atoms with Crippen LogP contribution in [0, 0.1) is 6.92 Å². The van der Waals surface area contributed by atoms with E-state index in [4.69, 9.17) is 4.74 Å². The van der Waals surface area contributed by atoms with Gasteiger partial charge in [-0.25, -0.2) is 13.1 Å². The van der Waals surface area contributed by atoms with Crippen LogP contribution in [0.25, 0.3) is 11.1 Å². The minimum Gasteiger partial charge on any atom is -0.379 e. The van der Waals surface area contributed by atoms with Gasteiger partial charge in [0.15, 0.2) is 0 Å². The van der Waals surface area contributed by atoms with Crippen molar-refractivity contribution in [1.29, 1.82) is 0 Å². The van der Waals surface area contributed by atoms with Gasteiger partial charge >= 0.3 is 0 Å². The van der Waals surface area contributed by atoms with Gasteiger partial charge in [0, 0.05) is 59.7 Å². The first-order valence-corrected chi connectivity index (χ1v) is 21.3. The summed E-state index contributed by atoms with van der Waals surface area (Å²) in [6.07, 6.45) is 7.00. The molecular weight excluding hydrogens is 711 g/mol. The molecule has 7 rings (SSSR count). The molecule has 5 aromatic rings. The molecule has 1 saturated heterocycles. The number of ether oxygens (including phenoxy) is 1. The van der Waals surface area contributed by atoms with Gasteiger partial charge in [0.2, 0.25) is 0 Å². The van der Waals surface area contributed by atoms with Crippen molar-refractivity contribution in [2.75, 3.05) is 36.2 Å². The smallest absolute Gasteiger partial charge is 0.264 e. The first-order valence-electron chi connectivity index (χ1n) is 18.8. The molecule has 1 saturated carbocycles. The summed E-state index contributed by atoms with van der Waals surface area (Å²) in [7, 11) is -2.27. The van der Waals surface area contributed by atoms with Gasteiger partial charge in [-0.3, -0.25) is 4.79 Å². The SMILES string of the molecule is COC1(Cc2ccccc2-c2ccccc2)CCN(c2ccc(C(=O)NS(=O)(=O)c3ccc(NC4(CSc5ccccc5)CCCC4)c(C)c3)cc2)CC1. The van der Waals surface area contributed by atoms with Gasteiger partial charge in [-0.1, -0.05) is 85.6 Å². The molecule has 0 unspecified atom stereocenters. The zero-order valence-corrected chi connectivity index (χ0v) is 32.7. The lowest BCUT2D eigenvalue weighted by Crippen LogP contribution is -2.47. The van der Waals surface area contributed by atoms with Crippen molar-refractivity contribution in [3.05, 3.63) is 144 Å². The fourth-order valence-corrected chi connectivity index (χ4v) is 10.1. The van der Waals surface area contributed by atoms with Crippen molar-refractivity contribution in [3.63, 3.8) is 0 Å². The summed E-state index contributed by atoms with van der Waals surface area (Å²) in [4.78, 5) is 16.8. The summed E-state index contributed by atoms with van der Waals surface area (Å²) in [6, 6.07) is 41.7. The van der Waals surface area contributed by atoms with Crippen molar-refractivity contribution in [3.8, 4) is 11.1 Å². The number of nitrogens with one attached hydrogen (secondary N) is 2. The molecule has 2 N–H and O–H groups in total. The maximum absolute atomic E-state index is 13.4. The third-order valence-corrected chi connectivity index (χ3v) is 13.8. The predicted molar refractivity (Wildman–Crippen MR) is 221 cm³/mol. The summed E-state index contributed by atoms with van der Waals surface area (Å²) < 4.78 is 35.3. The highest BCUT2D eigenvalue weighted by Crippen LogP contribution is 2.39. The quantitative estimate of drug-likeness (QED) is 0.116. The molecule has 0 radical (unpaired) electrons. The molecule has 7 nitrogen and oxygen atoms in total. The van der Waals surface area contributed by atoms with E-state index in [0.29, 0.717) is 0 Å². The first-order chi connectivity index (χ1) is 26.2. The van der Waals surface area contributed by atoms with Gasteiger partial charge in [-0.05, 0) is 109 Å². The van der Waals surface area contributed by atoms with Crippen molar-refractivity contribution < 1.29 is 17.9 Å². The number of thioether (sulfide) groups is 1. The number of rotatable bonds is 13. The number of anilines is 2. The van der Waals surface area contributed by atoms with E-state index in [9.17, 15) is 13.2 Å². The van der Waals surface area contributed by atoms with Crippen molar-refractivity contribution in [2.45, 2.75) is 72.8 Å². The number of benzene rings is 5. The lowest BCUT2D eigenvalue weighted by molar-refractivity contribution is -0.0288. The first kappa shape index (κ1) is 37.7. The summed E-state index contributed by atoms with van der Waals surface area (Å²) >= 11 is 1.85. The highest BCUT2D eigenvalue weighted by atomic mass is 32.2. The number of methoxy groups -OCH3 is 1. The van der Waals surface area contributed by atoms with Crippen LogP contribution in [-0.4, -0.2) is 51.4 Å². The third-order valence-electron chi connectivity index (χ3n) is 11.2. The van der Waals surface area contributed by atoms with E-state index in [-0.39, 0.29) is 21.6 Å². The van der Waals surface area contributed by atoms with Crippen molar-refractivity contribution in [1.82, 2.24) is 4.72 Å². The number of carbonyl (C=O) groups is 1. The third kappa shape index (κ3) is 8.70. The summed E-state index contributed by atoms with van der Waals surface area (Å²) in [5.41, 5.74) is 6.41. The molecule has 0 aromatic heterocycles. The Hall–Kier alpha value is -4.57. The molecule has 0 spiro atoms. The lowest BCUT2D eigenvalue weighted by Gasteiger charge is -2.42. The van der Waals surface area contributed by atoms with E-state index in [2.05, 4.69) is 87.7 Å². The number of aryl methyl sites for hydroxylation is 1. The summed E-state index contributed by atoms with van der Waals surface area (Å²) in [5, 5.41) is 3.78. The number of hydrogen-bond donors (Lipinski definition) is 2. The number of amides is 1. The van der Waals surface area contributed by atoms with E-state index in [0.717, 1.165) is 67.9 Å². The Bertz CT molecular complexity index is 2140. The van der Waals surface area contributed by atoms with Crippen molar-refractivity contribution in [2.24, 2.45) is 0 Å². The Balaban J connectivity index is 0.958. The van der Waals surface area contributed by atoms with Gasteiger partial charge < -0.3 is 15.0 Å². The number of nitrogens with zero attached hydrogens (tertiary/aromatic N) is 1. The van der Waals surface area contributed by atoms with E-state index < -0.39 is 15.9 Å². The zero-order valence-electron chi connectivity index (χ0n) is 31.1. The van der Waals surface area contributed by atoms with Gasteiger partial charge in [-0.15, -0.1) is 11.8 Å². The van der Waals surface area contributed by atoms with Crippen LogP contribution in [0.4, 0.5) is 11.4 Å².